The van der Waals surface area contributed by atoms with E-state index in [0.717, 1.165) is 0 Å². The standard InChI is InChI=1S/C28H28ClFN4O5/c1-17(2)26(33-27(36)19-9-11-20(29)12-10-19)28(37)34-31-15-18-8-13-23(24(14-18)38-3)39-16-25(35)32-22-7-5-4-6-21(22)30/h4-15,17,26H,16H2,1-3H3,(H,32,35)(H,33,36)(H,34,37)/b31-15+. The molecule has 0 aliphatic heterocycles. The Morgan fingerprint density at radius 1 is 1.03 bits per heavy atom. The van der Waals surface area contributed by atoms with Crippen molar-refractivity contribution in [2.24, 2.45) is 11.0 Å². The van der Waals surface area contributed by atoms with Gasteiger partial charge in [-0.1, -0.05) is 37.6 Å². The Morgan fingerprint density at radius 3 is 2.41 bits per heavy atom. The van der Waals surface area contributed by atoms with Crippen LogP contribution in [0.4, 0.5) is 10.1 Å². The predicted octanol–water partition coefficient (Wildman–Crippen LogP) is 4.41. The number of amides is 3. The summed E-state index contributed by atoms with van der Waals surface area (Å²) in [7, 11) is 1.43. The highest BCUT2D eigenvalue weighted by molar-refractivity contribution is 6.30. The number of carbonyl (C=O) groups excluding carboxylic acids is 3. The van der Waals surface area contributed by atoms with Gasteiger partial charge < -0.3 is 20.1 Å². The highest BCUT2D eigenvalue weighted by Crippen LogP contribution is 2.27. The number of nitrogens with zero attached hydrogens (tertiary/aromatic N) is 1. The van der Waals surface area contributed by atoms with E-state index >= 15 is 0 Å². The molecular weight excluding hydrogens is 527 g/mol. The van der Waals surface area contributed by atoms with E-state index in [0.29, 0.717) is 21.9 Å². The lowest BCUT2D eigenvalue weighted by Gasteiger charge is -2.20. The van der Waals surface area contributed by atoms with Crippen LogP contribution in [0.3, 0.4) is 0 Å². The molecule has 3 aromatic rings. The second-order valence-electron chi connectivity index (χ2n) is 8.66. The third-order valence-corrected chi connectivity index (χ3v) is 5.68. The van der Waals surface area contributed by atoms with Gasteiger partial charge in [-0.3, -0.25) is 14.4 Å². The van der Waals surface area contributed by atoms with Crippen molar-refractivity contribution in [2.75, 3.05) is 19.0 Å². The van der Waals surface area contributed by atoms with Gasteiger partial charge in [-0.25, -0.2) is 9.82 Å². The highest BCUT2D eigenvalue weighted by Gasteiger charge is 2.24. The van der Waals surface area contributed by atoms with Crippen molar-refractivity contribution < 1.29 is 28.2 Å². The quantitative estimate of drug-likeness (QED) is 0.240. The minimum absolute atomic E-state index is 0.0518. The van der Waals surface area contributed by atoms with E-state index in [9.17, 15) is 18.8 Å². The van der Waals surface area contributed by atoms with E-state index in [2.05, 4.69) is 21.2 Å². The Hall–Kier alpha value is -4.44. The maximum Gasteiger partial charge on any atom is 0.262 e. The van der Waals surface area contributed by atoms with Crippen LogP contribution in [-0.2, 0) is 9.59 Å². The number of nitrogens with one attached hydrogen (secondary N) is 3. The number of carbonyl (C=O) groups is 3. The van der Waals surface area contributed by atoms with Gasteiger partial charge in [-0.2, -0.15) is 5.10 Å². The first-order chi connectivity index (χ1) is 18.7. The molecule has 3 rings (SSSR count). The summed E-state index contributed by atoms with van der Waals surface area (Å²) in [6.07, 6.45) is 1.40. The van der Waals surface area contributed by atoms with Gasteiger partial charge in [0.25, 0.3) is 17.7 Å². The molecule has 0 bridgehead atoms. The van der Waals surface area contributed by atoms with Gasteiger partial charge in [0, 0.05) is 10.6 Å². The van der Waals surface area contributed by atoms with Crippen molar-refractivity contribution in [2.45, 2.75) is 19.9 Å². The molecule has 0 saturated heterocycles. The van der Waals surface area contributed by atoms with E-state index < -0.39 is 29.6 Å². The van der Waals surface area contributed by atoms with Crippen LogP contribution in [0, 0.1) is 11.7 Å². The zero-order valence-electron chi connectivity index (χ0n) is 21.5. The summed E-state index contributed by atoms with van der Waals surface area (Å²) in [5, 5.41) is 9.63. The van der Waals surface area contributed by atoms with E-state index in [1.165, 1.54) is 31.5 Å². The number of methoxy groups -OCH3 is 1. The molecular formula is C28H28ClFN4O5. The first-order valence-corrected chi connectivity index (χ1v) is 12.3. The first-order valence-electron chi connectivity index (χ1n) is 11.9. The molecule has 3 amide bonds. The van der Waals surface area contributed by atoms with Crippen molar-refractivity contribution in [3.63, 3.8) is 0 Å². The summed E-state index contributed by atoms with van der Waals surface area (Å²) in [6, 6.07) is 16.1. The smallest absolute Gasteiger partial charge is 0.262 e. The normalized spacial score (nSPS) is 11.6. The molecule has 0 aliphatic rings. The van der Waals surface area contributed by atoms with Crippen molar-refractivity contribution in [1.29, 1.82) is 0 Å². The van der Waals surface area contributed by atoms with Crippen molar-refractivity contribution >= 4 is 41.2 Å². The fourth-order valence-corrected chi connectivity index (χ4v) is 3.50. The molecule has 9 nitrogen and oxygen atoms in total. The van der Waals surface area contributed by atoms with Crippen molar-refractivity contribution in [1.82, 2.24) is 10.7 Å². The van der Waals surface area contributed by atoms with E-state index in [-0.39, 0.29) is 24.0 Å². The van der Waals surface area contributed by atoms with Gasteiger partial charge in [-0.05, 0) is 66.1 Å². The third kappa shape index (κ3) is 8.54. The van der Waals surface area contributed by atoms with Gasteiger partial charge in [0.05, 0.1) is 19.0 Å². The summed E-state index contributed by atoms with van der Waals surface area (Å²) < 4.78 is 24.6. The Labute approximate surface area is 230 Å². The zero-order valence-corrected chi connectivity index (χ0v) is 22.3. The van der Waals surface area contributed by atoms with Gasteiger partial charge >= 0.3 is 0 Å². The van der Waals surface area contributed by atoms with Crippen LogP contribution in [0.5, 0.6) is 11.5 Å². The molecule has 0 aromatic heterocycles. The molecule has 1 atom stereocenters. The molecule has 3 N–H and O–H groups in total. The molecule has 0 radical (unpaired) electrons. The Balaban J connectivity index is 1.57. The molecule has 0 spiro atoms. The monoisotopic (exact) mass is 554 g/mol. The largest absolute Gasteiger partial charge is 0.493 e. The molecule has 204 valence electrons. The number of anilines is 1. The van der Waals surface area contributed by atoms with E-state index in [1.54, 1.807) is 62.4 Å². The lowest BCUT2D eigenvalue weighted by atomic mass is 10.0. The Bertz CT molecular complexity index is 1350. The molecule has 0 aliphatic carbocycles. The average Bonchev–Trinajstić information content (AvgIpc) is 2.92. The van der Waals surface area contributed by atoms with Crippen LogP contribution in [0.15, 0.2) is 71.8 Å². The number of hydrogen-bond donors (Lipinski definition) is 3. The second-order valence-corrected chi connectivity index (χ2v) is 9.10. The second kappa shape index (κ2) is 13.9. The summed E-state index contributed by atoms with van der Waals surface area (Å²) in [6.45, 7) is 3.24. The number of halogens is 2. The van der Waals surface area contributed by atoms with Crippen molar-refractivity contribution in [3.05, 3.63) is 88.7 Å². The number of hydrogen-bond acceptors (Lipinski definition) is 6. The number of ether oxygens (including phenoxy) is 2. The van der Waals surface area contributed by atoms with Gasteiger partial charge in [0.15, 0.2) is 18.1 Å². The molecule has 3 aromatic carbocycles. The SMILES string of the molecule is COc1cc(/C=N/NC(=O)C(NC(=O)c2ccc(Cl)cc2)C(C)C)ccc1OCC(=O)Nc1ccccc1F. The fourth-order valence-electron chi connectivity index (χ4n) is 3.38. The summed E-state index contributed by atoms with van der Waals surface area (Å²) >= 11 is 5.86. The van der Waals surface area contributed by atoms with Gasteiger partial charge in [0.1, 0.15) is 11.9 Å². The Morgan fingerprint density at radius 2 is 1.74 bits per heavy atom. The molecule has 11 heteroatoms. The topological polar surface area (TPSA) is 118 Å². The summed E-state index contributed by atoms with van der Waals surface area (Å²) in [5.41, 5.74) is 3.44. The lowest BCUT2D eigenvalue weighted by molar-refractivity contribution is -0.124. The maximum atomic E-state index is 13.7. The molecule has 0 fully saturated rings. The highest BCUT2D eigenvalue weighted by atomic mass is 35.5. The molecule has 0 heterocycles. The number of rotatable bonds is 11. The number of hydrazone groups is 1. The van der Waals surface area contributed by atoms with Gasteiger partial charge in [0.2, 0.25) is 0 Å². The van der Waals surface area contributed by atoms with Crippen LogP contribution >= 0.6 is 11.6 Å². The van der Waals surface area contributed by atoms with Gasteiger partial charge in [-0.15, -0.1) is 0 Å². The number of para-hydroxylation sites is 1. The fraction of sp³-hybridized carbons (Fsp3) is 0.214. The van der Waals surface area contributed by atoms with Crippen molar-refractivity contribution in [3.8, 4) is 11.5 Å². The predicted molar refractivity (Wildman–Crippen MR) is 147 cm³/mol. The molecule has 0 saturated carbocycles. The van der Waals surface area contributed by atoms with Crippen LogP contribution in [0.1, 0.15) is 29.8 Å². The van der Waals surface area contributed by atoms with Crippen LogP contribution in [-0.4, -0.2) is 43.7 Å². The minimum Gasteiger partial charge on any atom is -0.493 e. The first kappa shape index (κ1) is 29.1. The summed E-state index contributed by atoms with van der Waals surface area (Å²) in [4.78, 5) is 37.4. The molecule has 39 heavy (non-hydrogen) atoms. The molecule has 1 unspecified atom stereocenters. The van der Waals surface area contributed by atoms with Crippen LogP contribution in [0.25, 0.3) is 0 Å². The van der Waals surface area contributed by atoms with Crippen LogP contribution < -0.4 is 25.5 Å². The minimum atomic E-state index is -0.828. The number of benzene rings is 3. The third-order valence-electron chi connectivity index (χ3n) is 5.42. The lowest BCUT2D eigenvalue weighted by Crippen LogP contribution is -2.48. The maximum absolute atomic E-state index is 13.7. The summed E-state index contributed by atoms with van der Waals surface area (Å²) in [5.74, 6) is -1.60. The van der Waals surface area contributed by atoms with Crippen LogP contribution in [0.2, 0.25) is 5.02 Å². The van der Waals surface area contributed by atoms with E-state index in [1.807, 2.05) is 0 Å². The van der Waals surface area contributed by atoms with E-state index in [4.69, 9.17) is 21.1 Å². The zero-order chi connectivity index (χ0) is 28.4. The average molecular weight is 555 g/mol. The Kier molecular flexibility index (Phi) is 10.4.